The van der Waals surface area contributed by atoms with Crippen molar-refractivity contribution in [3.05, 3.63) is 72.2 Å². The number of nitrogens with zero attached hydrogens (tertiary/aromatic N) is 2. The van der Waals surface area contributed by atoms with E-state index in [1.165, 1.54) is 12.1 Å². The van der Waals surface area contributed by atoms with Gasteiger partial charge in [0.05, 0.1) is 17.2 Å². The molecule has 8 nitrogen and oxygen atoms in total. The molecule has 0 atom stereocenters. The first-order valence-electron chi connectivity index (χ1n) is 10.8. The van der Waals surface area contributed by atoms with Gasteiger partial charge in [0.25, 0.3) is 5.91 Å². The van der Waals surface area contributed by atoms with E-state index in [2.05, 4.69) is 15.2 Å². The van der Waals surface area contributed by atoms with E-state index in [1.807, 2.05) is 18.2 Å². The first kappa shape index (κ1) is 24.0. The lowest BCUT2D eigenvalue weighted by molar-refractivity contribution is 0.0995. The van der Waals surface area contributed by atoms with Crippen molar-refractivity contribution < 1.29 is 23.0 Å². The summed E-state index contributed by atoms with van der Waals surface area (Å²) in [7, 11) is -2.41. The molecule has 10 heteroatoms. The third kappa shape index (κ3) is 6.45. The standard InChI is InChI=1S/C24H27FN4O4S/c25-18-3-7-21(8-4-18)33-20-5-1-17(2-6-20)22-15-19(16-23(28-22)24(26)30)27-9-10-29-11-13-34(31,32)14-12-29/h1-8,15-16,31-32H,9-14H2,(H2,26,30)(H,27,28). The van der Waals surface area contributed by atoms with Gasteiger partial charge >= 0.3 is 0 Å². The molecule has 1 aromatic heterocycles. The highest BCUT2D eigenvalue weighted by molar-refractivity contribution is 8.24. The second kappa shape index (κ2) is 10.4. The molecule has 4 rings (SSSR count). The number of benzene rings is 2. The third-order valence-corrected chi connectivity index (χ3v) is 7.18. The van der Waals surface area contributed by atoms with Gasteiger partial charge in [-0.1, -0.05) is 0 Å². The second-order valence-corrected chi connectivity index (χ2v) is 10.5. The molecule has 0 saturated carbocycles. The summed E-state index contributed by atoms with van der Waals surface area (Å²) >= 11 is 0. The largest absolute Gasteiger partial charge is 0.457 e. The molecule has 1 aliphatic heterocycles. The molecule has 34 heavy (non-hydrogen) atoms. The smallest absolute Gasteiger partial charge is 0.267 e. The number of nitrogens with two attached hydrogens (primary N) is 1. The second-order valence-electron chi connectivity index (χ2n) is 8.05. The molecular weight excluding hydrogens is 459 g/mol. The number of carbonyl (C=O) groups is 1. The van der Waals surface area contributed by atoms with Crippen molar-refractivity contribution in [2.45, 2.75) is 0 Å². The molecule has 0 radical (unpaired) electrons. The Kier molecular flexibility index (Phi) is 7.32. The molecule has 1 amide bonds. The zero-order chi connectivity index (χ0) is 24.1. The lowest BCUT2D eigenvalue weighted by atomic mass is 10.1. The maximum absolute atomic E-state index is 13.1. The number of hydrogen-bond acceptors (Lipinski definition) is 7. The summed E-state index contributed by atoms with van der Waals surface area (Å²) in [6.45, 7) is 2.63. The van der Waals surface area contributed by atoms with Gasteiger partial charge < -0.3 is 15.8 Å². The average Bonchev–Trinajstić information content (AvgIpc) is 2.82. The highest BCUT2D eigenvalue weighted by Gasteiger charge is 2.21. The Morgan fingerprint density at radius 3 is 2.29 bits per heavy atom. The number of rotatable bonds is 8. The van der Waals surface area contributed by atoms with E-state index < -0.39 is 16.5 Å². The van der Waals surface area contributed by atoms with E-state index in [0.717, 1.165) is 12.1 Å². The quantitative estimate of drug-likeness (QED) is 0.375. The Bertz CT molecular complexity index is 1130. The van der Waals surface area contributed by atoms with Crippen molar-refractivity contribution in [3.8, 4) is 22.8 Å². The Labute approximate surface area is 198 Å². The molecule has 0 bridgehead atoms. The van der Waals surface area contributed by atoms with Crippen molar-refractivity contribution >= 4 is 22.2 Å². The lowest BCUT2D eigenvalue weighted by Crippen LogP contribution is -2.40. The van der Waals surface area contributed by atoms with Gasteiger partial charge in [-0.05, 0) is 60.7 Å². The number of amides is 1. The molecule has 0 unspecified atom stereocenters. The monoisotopic (exact) mass is 486 g/mol. The van der Waals surface area contributed by atoms with Crippen LogP contribution in [0.1, 0.15) is 10.5 Å². The minimum atomic E-state index is -2.41. The Morgan fingerprint density at radius 2 is 1.68 bits per heavy atom. The van der Waals surface area contributed by atoms with Crippen LogP contribution >= 0.6 is 10.6 Å². The van der Waals surface area contributed by atoms with Crippen LogP contribution < -0.4 is 15.8 Å². The molecule has 2 aromatic carbocycles. The molecular formula is C24H27FN4O4S. The molecule has 0 aliphatic carbocycles. The molecule has 1 fully saturated rings. The number of aromatic nitrogens is 1. The van der Waals surface area contributed by atoms with Crippen LogP contribution in [-0.2, 0) is 0 Å². The average molecular weight is 487 g/mol. The van der Waals surface area contributed by atoms with Crippen molar-refractivity contribution in [2.24, 2.45) is 5.73 Å². The molecule has 180 valence electrons. The molecule has 3 aromatic rings. The van der Waals surface area contributed by atoms with Crippen LogP contribution in [0.25, 0.3) is 11.3 Å². The molecule has 0 spiro atoms. The number of nitrogens with one attached hydrogen (secondary N) is 1. The Morgan fingerprint density at radius 1 is 1.06 bits per heavy atom. The minimum Gasteiger partial charge on any atom is -0.457 e. The number of anilines is 1. The highest BCUT2D eigenvalue weighted by atomic mass is 32.3. The van der Waals surface area contributed by atoms with E-state index in [-0.39, 0.29) is 11.5 Å². The first-order valence-corrected chi connectivity index (χ1v) is 12.7. The predicted molar refractivity (Wildman–Crippen MR) is 132 cm³/mol. The molecule has 5 N–H and O–H groups in total. The van der Waals surface area contributed by atoms with E-state index in [9.17, 15) is 18.3 Å². The van der Waals surface area contributed by atoms with Crippen molar-refractivity contribution in [1.82, 2.24) is 9.88 Å². The van der Waals surface area contributed by atoms with Crippen LogP contribution in [0.3, 0.4) is 0 Å². The van der Waals surface area contributed by atoms with Gasteiger partial charge in [0.1, 0.15) is 23.0 Å². The maximum atomic E-state index is 13.1. The van der Waals surface area contributed by atoms with Gasteiger partial charge in [0.15, 0.2) is 0 Å². The lowest BCUT2D eigenvalue weighted by Gasteiger charge is -2.41. The fourth-order valence-corrected chi connectivity index (χ4v) is 4.89. The zero-order valence-electron chi connectivity index (χ0n) is 18.5. The van der Waals surface area contributed by atoms with Crippen molar-refractivity contribution in [2.75, 3.05) is 43.0 Å². The van der Waals surface area contributed by atoms with Crippen molar-refractivity contribution in [1.29, 1.82) is 0 Å². The van der Waals surface area contributed by atoms with E-state index in [1.54, 1.807) is 30.3 Å². The summed E-state index contributed by atoms with van der Waals surface area (Å²) in [6, 6.07) is 16.4. The van der Waals surface area contributed by atoms with E-state index in [4.69, 9.17) is 10.5 Å². The summed E-state index contributed by atoms with van der Waals surface area (Å²) in [6.07, 6.45) is 0. The van der Waals surface area contributed by atoms with Gasteiger partial charge in [-0.25, -0.2) is 9.37 Å². The van der Waals surface area contributed by atoms with Crippen LogP contribution in [0.2, 0.25) is 0 Å². The van der Waals surface area contributed by atoms with Crippen LogP contribution in [0.5, 0.6) is 11.5 Å². The number of hydrogen-bond donors (Lipinski definition) is 4. The summed E-state index contributed by atoms with van der Waals surface area (Å²) < 4.78 is 38.3. The van der Waals surface area contributed by atoms with Crippen LogP contribution in [0.15, 0.2) is 60.7 Å². The number of ether oxygens (including phenoxy) is 1. The fraction of sp³-hybridized carbons (Fsp3) is 0.250. The summed E-state index contributed by atoms with van der Waals surface area (Å²) in [4.78, 5) is 18.4. The van der Waals surface area contributed by atoms with Gasteiger partial charge in [0, 0.05) is 37.4 Å². The number of pyridine rings is 1. The SMILES string of the molecule is NC(=O)c1cc(NCCN2CCS(O)(O)CC2)cc(-c2ccc(Oc3ccc(F)cc3)cc2)n1. The summed E-state index contributed by atoms with van der Waals surface area (Å²) in [5.74, 6) is 0.952. The Hall–Kier alpha value is -3.18. The number of carbonyl (C=O) groups excluding carboxylic acids is 1. The minimum absolute atomic E-state index is 0.151. The third-order valence-electron chi connectivity index (χ3n) is 5.50. The molecule has 1 saturated heterocycles. The van der Waals surface area contributed by atoms with Gasteiger partial charge in [-0.2, -0.15) is 10.6 Å². The van der Waals surface area contributed by atoms with E-state index >= 15 is 0 Å². The van der Waals surface area contributed by atoms with Crippen molar-refractivity contribution in [3.63, 3.8) is 0 Å². The van der Waals surface area contributed by atoms with Crippen LogP contribution in [0.4, 0.5) is 10.1 Å². The predicted octanol–water partition coefficient (Wildman–Crippen LogP) is 4.26. The topological polar surface area (TPSA) is 121 Å². The normalized spacial score (nSPS) is 16.6. The highest BCUT2D eigenvalue weighted by Crippen LogP contribution is 2.40. The summed E-state index contributed by atoms with van der Waals surface area (Å²) in [5.41, 5.74) is 7.72. The van der Waals surface area contributed by atoms with Gasteiger partial charge in [0.2, 0.25) is 0 Å². The van der Waals surface area contributed by atoms with Crippen LogP contribution in [-0.4, -0.2) is 62.6 Å². The van der Waals surface area contributed by atoms with E-state index in [0.29, 0.717) is 54.0 Å². The molecule has 2 heterocycles. The Balaban J connectivity index is 1.43. The van der Waals surface area contributed by atoms with Gasteiger partial charge in [-0.15, -0.1) is 0 Å². The van der Waals surface area contributed by atoms with Crippen LogP contribution in [0, 0.1) is 5.82 Å². The number of halogens is 1. The molecule has 1 aliphatic rings. The summed E-state index contributed by atoms with van der Waals surface area (Å²) in [5, 5.41) is 3.30. The zero-order valence-corrected chi connectivity index (χ0v) is 19.3. The maximum Gasteiger partial charge on any atom is 0.267 e. The number of primary amides is 1. The first-order chi connectivity index (χ1) is 16.3. The fourth-order valence-electron chi connectivity index (χ4n) is 3.59. The van der Waals surface area contributed by atoms with Gasteiger partial charge in [-0.3, -0.25) is 18.8 Å².